The topological polar surface area (TPSA) is 71.8 Å². The zero-order valence-electron chi connectivity index (χ0n) is 18.1. The van der Waals surface area contributed by atoms with Gasteiger partial charge >= 0.3 is 0 Å². The molecule has 31 heavy (non-hydrogen) atoms. The fourth-order valence-electron chi connectivity index (χ4n) is 3.87. The minimum atomic E-state index is -0.0221. The number of benzene rings is 1. The summed E-state index contributed by atoms with van der Waals surface area (Å²) in [5.41, 5.74) is 4.10. The van der Waals surface area contributed by atoms with Crippen molar-refractivity contribution in [1.82, 2.24) is 4.90 Å². The van der Waals surface area contributed by atoms with Gasteiger partial charge in [0.1, 0.15) is 16.8 Å². The third-order valence-electron chi connectivity index (χ3n) is 5.67. The molecule has 0 atom stereocenters. The molecule has 0 amide bonds. The Kier molecular flexibility index (Phi) is 6.28. The third kappa shape index (κ3) is 4.75. The first-order valence-electron chi connectivity index (χ1n) is 10.5. The first-order valence-corrected chi connectivity index (χ1v) is 10.5. The lowest BCUT2D eigenvalue weighted by Gasteiger charge is -2.26. The van der Waals surface area contributed by atoms with Crippen LogP contribution >= 0.6 is 0 Å². The number of ether oxygens (including phenoxy) is 2. The van der Waals surface area contributed by atoms with Crippen molar-refractivity contribution in [3.8, 4) is 0 Å². The van der Waals surface area contributed by atoms with Gasteiger partial charge in [-0.15, -0.1) is 0 Å². The van der Waals surface area contributed by atoms with E-state index in [1.165, 1.54) is 18.2 Å². The van der Waals surface area contributed by atoms with Crippen LogP contribution in [0, 0.1) is 5.41 Å². The molecule has 0 bridgehead atoms. The van der Waals surface area contributed by atoms with Gasteiger partial charge in [-0.2, -0.15) is 0 Å². The number of nitrogens with zero attached hydrogens (tertiary/aromatic N) is 1. The molecular weight excluding hydrogens is 392 g/mol. The van der Waals surface area contributed by atoms with E-state index in [2.05, 4.69) is 29.7 Å². The standard InChI is InChI=1S/C25H28N2O4/c1-17(22-16-24(25(26)28-3)31-18(22)2)29-13-4-10-27-11-7-19(8-12-27)20-5-6-23-21(15-20)9-14-30-23/h5-7,9,14-16,26H,2,4,8,10-13H2,1,3H3/b22-17+,26-25?. The molecular formula is C25H28N2O4. The quantitative estimate of drug-likeness (QED) is 0.358. The van der Waals surface area contributed by atoms with Crippen LogP contribution in [-0.2, 0) is 9.47 Å². The first kappa shape index (κ1) is 21.0. The van der Waals surface area contributed by atoms with Crippen LogP contribution in [0.25, 0.3) is 28.9 Å². The Morgan fingerprint density at radius 2 is 2.13 bits per heavy atom. The fourth-order valence-corrected chi connectivity index (χ4v) is 3.87. The van der Waals surface area contributed by atoms with Gasteiger partial charge in [-0.25, -0.2) is 0 Å². The molecule has 1 aliphatic heterocycles. The molecule has 1 aliphatic rings. The molecule has 6 nitrogen and oxygen atoms in total. The summed E-state index contributed by atoms with van der Waals surface area (Å²) < 4.78 is 21.7. The van der Waals surface area contributed by atoms with Crippen LogP contribution < -0.4 is 10.6 Å². The Bertz CT molecular complexity index is 1220. The van der Waals surface area contributed by atoms with Gasteiger partial charge in [0.15, 0.2) is 5.76 Å². The van der Waals surface area contributed by atoms with Gasteiger partial charge in [0.2, 0.25) is 5.90 Å². The highest BCUT2D eigenvalue weighted by Crippen LogP contribution is 2.26. The molecule has 0 fully saturated rings. The largest absolute Gasteiger partial charge is 0.497 e. The smallest absolute Gasteiger partial charge is 0.249 e. The summed E-state index contributed by atoms with van der Waals surface area (Å²) in [6.45, 7) is 9.39. The number of nitrogens with one attached hydrogen (secondary N) is 1. The summed E-state index contributed by atoms with van der Waals surface area (Å²) in [6.07, 6.45) is 6.05. The zero-order valence-corrected chi connectivity index (χ0v) is 18.1. The van der Waals surface area contributed by atoms with E-state index in [4.69, 9.17) is 23.7 Å². The van der Waals surface area contributed by atoms with E-state index in [0.29, 0.717) is 17.8 Å². The molecule has 0 saturated heterocycles. The summed E-state index contributed by atoms with van der Waals surface area (Å²) in [6, 6.07) is 10.1. The van der Waals surface area contributed by atoms with E-state index in [1.807, 2.05) is 19.1 Å². The summed E-state index contributed by atoms with van der Waals surface area (Å²) in [4.78, 5) is 2.45. The Balaban J connectivity index is 1.28. The van der Waals surface area contributed by atoms with Gasteiger partial charge in [-0.05, 0) is 49.1 Å². The molecule has 0 spiro atoms. The van der Waals surface area contributed by atoms with Gasteiger partial charge < -0.3 is 18.3 Å². The van der Waals surface area contributed by atoms with Crippen molar-refractivity contribution >= 4 is 34.8 Å². The van der Waals surface area contributed by atoms with Crippen molar-refractivity contribution in [2.24, 2.45) is 0 Å². The van der Waals surface area contributed by atoms with Gasteiger partial charge in [0.25, 0.3) is 0 Å². The minimum Gasteiger partial charge on any atom is -0.497 e. The number of hydrogen-bond acceptors (Lipinski definition) is 6. The highest BCUT2D eigenvalue weighted by Gasteiger charge is 2.14. The first-order chi connectivity index (χ1) is 15.0. The number of methoxy groups -OCH3 is 1. The highest BCUT2D eigenvalue weighted by molar-refractivity contribution is 5.88. The molecule has 0 aliphatic carbocycles. The van der Waals surface area contributed by atoms with E-state index < -0.39 is 0 Å². The molecule has 162 valence electrons. The van der Waals surface area contributed by atoms with Crippen LogP contribution in [0.3, 0.4) is 0 Å². The molecule has 4 rings (SSSR count). The van der Waals surface area contributed by atoms with Gasteiger partial charge in [0, 0.05) is 31.1 Å². The van der Waals surface area contributed by atoms with Crippen LogP contribution in [-0.4, -0.2) is 44.1 Å². The van der Waals surface area contributed by atoms with Crippen LogP contribution in [0.15, 0.2) is 51.5 Å². The molecule has 1 N–H and O–H groups in total. The molecule has 1 aromatic carbocycles. The lowest BCUT2D eigenvalue weighted by molar-refractivity contribution is 0.224. The zero-order chi connectivity index (χ0) is 21.8. The second kappa shape index (κ2) is 9.27. The third-order valence-corrected chi connectivity index (χ3v) is 5.67. The molecule has 0 radical (unpaired) electrons. The molecule has 0 unspecified atom stereocenters. The average Bonchev–Trinajstić information content (AvgIpc) is 3.42. The van der Waals surface area contributed by atoms with Crippen molar-refractivity contribution in [1.29, 1.82) is 5.41 Å². The normalized spacial score (nSPS) is 15.6. The van der Waals surface area contributed by atoms with E-state index >= 15 is 0 Å². The summed E-state index contributed by atoms with van der Waals surface area (Å²) in [7, 11) is 1.44. The van der Waals surface area contributed by atoms with Crippen LogP contribution in [0.5, 0.6) is 0 Å². The molecule has 2 aromatic heterocycles. The maximum Gasteiger partial charge on any atom is 0.249 e. The predicted molar refractivity (Wildman–Crippen MR) is 122 cm³/mol. The van der Waals surface area contributed by atoms with Crippen molar-refractivity contribution in [2.75, 3.05) is 33.4 Å². The Hall–Kier alpha value is -3.25. The van der Waals surface area contributed by atoms with E-state index in [1.54, 1.807) is 12.3 Å². The van der Waals surface area contributed by atoms with Gasteiger partial charge in [-0.3, -0.25) is 10.3 Å². The monoisotopic (exact) mass is 420 g/mol. The van der Waals surface area contributed by atoms with Crippen molar-refractivity contribution in [3.63, 3.8) is 0 Å². The van der Waals surface area contributed by atoms with Crippen LogP contribution in [0.1, 0.15) is 31.1 Å². The highest BCUT2D eigenvalue weighted by atomic mass is 16.5. The van der Waals surface area contributed by atoms with E-state index in [0.717, 1.165) is 54.4 Å². The molecule has 0 saturated carbocycles. The number of rotatable bonds is 7. The van der Waals surface area contributed by atoms with Crippen molar-refractivity contribution in [2.45, 2.75) is 19.8 Å². The molecule has 6 heteroatoms. The lowest BCUT2D eigenvalue weighted by atomic mass is 9.98. The number of hydrogen-bond donors (Lipinski definition) is 1. The molecule has 3 heterocycles. The summed E-state index contributed by atoms with van der Waals surface area (Å²) in [5, 5.41) is 9.63. The van der Waals surface area contributed by atoms with Gasteiger partial charge in [-0.1, -0.05) is 18.7 Å². The van der Waals surface area contributed by atoms with Crippen molar-refractivity contribution in [3.05, 3.63) is 64.6 Å². The minimum absolute atomic E-state index is 0.0221. The Morgan fingerprint density at radius 1 is 1.26 bits per heavy atom. The van der Waals surface area contributed by atoms with Gasteiger partial charge in [0.05, 0.1) is 25.2 Å². The Labute approximate surface area is 181 Å². The summed E-state index contributed by atoms with van der Waals surface area (Å²) >= 11 is 0. The number of fused-ring (bicyclic) bond motifs is 1. The summed E-state index contributed by atoms with van der Waals surface area (Å²) in [5.74, 6) is 1.08. The lowest BCUT2D eigenvalue weighted by Crippen LogP contribution is -2.30. The average molecular weight is 421 g/mol. The second-order valence-electron chi connectivity index (χ2n) is 7.69. The van der Waals surface area contributed by atoms with Crippen molar-refractivity contribution < 1.29 is 18.3 Å². The SMILES string of the molecule is C=c1oc(C(=N)OC)c/c1=C(/C)OCCCN1CC=C(c2ccc3occc3c2)CC1. The predicted octanol–water partition coefficient (Wildman–Crippen LogP) is 3.73. The molecule has 3 aromatic rings. The maximum absolute atomic E-state index is 7.70. The second-order valence-corrected chi connectivity index (χ2v) is 7.69. The fraction of sp³-hybridized carbons (Fsp3) is 0.320. The maximum atomic E-state index is 7.70. The van der Waals surface area contributed by atoms with E-state index in [9.17, 15) is 0 Å². The van der Waals surface area contributed by atoms with E-state index in [-0.39, 0.29) is 5.90 Å². The number of furan rings is 2. The Morgan fingerprint density at radius 3 is 2.90 bits per heavy atom. The van der Waals surface area contributed by atoms with Crippen LogP contribution in [0.2, 0.25) is 0 Å². The van der Waals surface area contributed by atoms with Crippen LogP contribution in [0.4, 0.5) is 0 Å².